The Labute approximate surface area is 192 Å². The molecule has 1 saturated carbocycles. The molecule has 4 amide bonds. The van der Waals surface area contributed by atoms with Gasteiger partial charge in [-0.05, 0) is 44.2 Å². The van der Waals surface area contributed by atoms with Crippen molar-refractivity contribution in [1.82, 2.24) is 25.5 Å². The normalized spacial score (nSPS) is 25.1. The minimum atomic E-state index is -0.916. The second-order valence-corrected chi connectivity index (χ2v) is 9.18. The number of anilines is 1. The number of carbonyl (C=O) groups excluding carboxylic acids is 3. The van der Waals surface area contributed by atoms with Crippen LogP contribution in [0.25, 0.3) is 11.3 Å². The van der Waals surface area contributed by atoms with E-state index in [0.29, 0.717) is 19.5 Å². The molecule has 1 aliphatic carbocycles. The molecule has 1 aromatic heterocycles. The van der Waals surface area contributed by atoms with E-state index in [9.17, 15) is 14.4 Å². The van der Waals surface area contributed by atoms with E-state index in [0.717, 1.165) is 36.3 Å². The third kappa shape index (κ3) is 4.15. The molecule has 2 N–H and O–H groups in total. The first-order valence-electron chi connectivity index (χ1n) is 11.5. The number of aromatic nitrogens is 2. The Morgan fingerprint density at radius 2 is 2.06 bits per heavy atom. The van der Waals surface area contributed by atoms with Crippen molar-refractivity contribution in [2.24, 2.45) is 5.92 Å². The smallest absolute Gasteiger partial charge is 0.322 e. The van der Waals surface area contributed by atoms with Gasteiger partial charge in [0, 0.05) is 55.7 Å². The lowest BCUT2D eigenvalue weighted by molar-refractivity contribution is -0.133. The number of benzene rings is 1. The minimum absolute atomic E-state index is 0.0313. The second kappa shape index (κ2) is 8.46. The quantitative estimate of drug-likeness (QED) is 0.654. The van der Waals surface area contributed by atoms with Gasteiger partial charge in [-0.25, -0.2) is 4.79 Å². The molecule has 172 valence electrons. The fourth-order valence-corrected chi connectivity index (χ4v) is 5.07. The summed E-state index contributed by atoms with van der Waals surface area (Å²) in [6.07, 6.45) is 7.51. The van der Waals surface area contributed by atoms with Gasteiger partial charge in [-0.2, -0.15) is 0 Å². The predicted molar refractivity (Wildman–Crippen MR) is 122 cm³/mol. The molecule has 3 heterocycles. The van der Waals surface area contributed by atoms with Crippen molar-refractivity contribution in [3.8, 4) is 11.3 Å². The van der Waals surface area contributed by atoms with E-state index >= 15 is 0 Å². The Bertz CT molecular complexity index is 1070. The summed E-state index contributed by atoms with van der Waals surface area (Å²) in [5.74, 6) is -0.123. The number of carbonyl (C=O) groups is 3. The monoisotopic (exact) mass is 448 g/mol. The van der Waals surface area contributed by atoms with Crippen LogP contribution in [0.5, 0.6) is 0 Å². The molecule has 0 spiro atoms. The Hall–Kier alpha value is -3.49. The van der Waals surface area contributed by atoms with Gasteiger partial charge in [0.2, 0.25) is 5.91 Å². The zero-order valence-electron chi connectivity index (χ0n) is 18.7. The van der Waals surface area contributed by atoms with Crippen molar-refractivity contribution in [2.45, 2.75) is 44.2 Å². The summed E-state index contributed by atoms with van der Waals surface area (Å²) in [7, 11) is 0. The van der Waals surface area contributed by atoms with Gasteiger partial charge in [-0.3, -0.25) is 24.9 Å². The molecule has 3 aliphatic rings. The molecular weight excluding hydrogens is 420 g/mol. The number of rotatable bonds is 6. The molecule has 2 aromatic rings. The second-order valence-electron chi connectivity index (χ2n) is 9.18. The van der Waals surface area contributed by atoms with Crippen molar-refractivity contribution in [3.63, 3.8) is 0 Å². The van der Waals surface area contributed by atoms with Crippen LogP contribution in [0.2, 0.25) is 0 Å². The summed E-state index contributed by atoms with van der Waals surface area (Å²) in [5.41, 5.74) is 2.01. The fourth-order valence-electron chi connectivity index (χ4n) is 5.07. The zero-order valence-corrected chi connectivity index (χ0v) is 18.7. The first-order valence-corrected chi connectivity index (χ1v) is 11.5. The van der Waals surface area contributed by atoms with E-state index in [1.165, 1.54) is 0 Å². The maximum atomic E-state index is 13.0. The van der Waals surface area contributed by atoms with Crippen molar-refractivity contribution >= 4 is 23.5 Å². The van der Waals surface area contributed by atoms with Crippen LogP contribution in [0, 0.1) is 5.92 Å². The van der Waals surface area contributed by atoms with Crippen LogP contribution in [-0.2, 0) is 9.59 Å². The molecule has 2 atom stereocenters. The molecule has 5 rings (SSSR count). The van der Waals surface area contributed by atoms with E-state index < -0.39 is 11.6 Å². The lowest BCUT2D eigenvalue weighted by atomic mass is 9.87. The van der Waals surface area contributed by atoms with Crippen LogP contribution < -0.4 is 15.5 Å². The molecule has 2 saturated heterocycles. The van der Waals surface area contributed by atoms with Crippen molar-refractivity contribution in [3.05, 3.63) is 42.9 Å². The topological polar surface area (TPSA) is 108 Å². The van der Waals surface area contributed by atoms with Gasteiger partial charge < -0.3 is 15.1 Å². The highest BCUT2D eigenvalue weighted by Crippen LogP contribution is 2.43. The van der Waals surface area contributed by atoms with Crippen LogP contribution in [0.1, 0.15) is 32.6 Å². The Morgan fingerprint density at radius 1 is 1.21 bits per heavy atom. The summed E-state index contributed by atoms with van der Waals surface area (Å²) in [5, 5.41) is 5.16. The maximum absolute atomic E-state index is 13.0. The summed E-state index contributed by atoms with van der Waals surface area (Å²) in [6.45, 7) is 4.07. The number of piperazine rings is 1. The van der Waals surface area contributed by atoms with Gasteiger partial charge in [0.05, 0.1) is 11.9 Å². The maximum Gasteiger partial charge on any atom is 0.322 e. The van der Waals surface area contributed by atoms with Gasteiger partial charge >= 0.3 is 6.03 Å². The molecule has 9 nitrogen and oxygen atoms in total. The molecule has 2 aliphatic heterocycles. The summed E-state index contributed by atoms with van der Waals surface area (Å²) in [4.78, 5) is 49.9. The van der Waals surface area contributed by atoms with Gasteiger partial charge in [-0.1, -0.05) is 12.1 Å². The number of amides is 4. The van der Waals surface area contributed by atoms with Crippen LogP contribution >= 0.6 is 0 Å². The summed E-state index contributed by atoms with van der Waals surface area (Å²) < 4.78 is 0. The molecule has 9 heteroatoms. The van der Waals surface area contributed by atoms with Crippen LogP contribution in [0.4, 0.5) is 10.5 Å². The van der Waals surface area contributed by atoms with Gasteiger partial charge in [0.25, 0.3) is 5.91 Å². The summed E-state index contributed by atoms with van der Waals surface area (Å²) >= 11 is 0. The van der Waals surface area contributed by atoms with Crippen molar-refractivity contribution in [1.29, 1.82) is 0 Å². The lowest BCUT2D eigenvalue weighted by Gasteiger charge is -2.41. The average molecular weight is 449 g/mol. The molecule has 33 heavy (non-hydrogen) atoms. The van der Waals surface area contributed by atoms with E-state index in [4.69, 9.17) is 0 Å². The third-order valence-electron chi connectivity index (χ3n) is 6.99. The average Bonchev–Trinajstić information content (AvgIpc) is 3.64. The number of urea groups is 1. The zero-order chi connectivity index (χ0) is 23.0. The minimum Gasteiger partial charge on any atom is -0.365 e. The number of imide groups is 1. The molecule has 0 bridgehead atoms. The van der Waals surface area contributed by atoms with Gasteiger partial charge in [0.1, 0.15) is 5.54 Å². The highest BCUT2D eigenvalue weighted by Gasteiger charge is 2.55. The van der Waals surface area contributed by atoms with Gasteiger partial charge in [0.15, 0.2) is 0 Å². The molecule has 1 unspecified atom stereocenters. The number of hydrogen-bond donors (Lipinski definition) is 2. The SMILES string of the molecule is C[C@H]1CN(C(=O)CCC2(C3CC3)NC(=O)NC2=O)CCN1c1cccc(-c2cnccn2)c1. The van der Waals surface area contributed by atoms with Crippen LogP contribution in [0.3, 0.4) is 0 Å². The van der Waals surface area contributed by atoms with E-state index in [1.807, 2.05) is 17.0 Å². The Kier molecular flexibility index (Phi) is 5.47. The third-order valence-corrected chi connectivity index (χ3v) is 6.99. The lowest BCUT2D eigenvalue weighted by Crippen LogP contribution is -2.54. The van der Waals surface area contributed by atoms with Crippen molar-refractivity contribution in [2.75, 3.05) is 24.5 Å². The molecular formula is C24H28N6O3. The van der Waals surface area contributed by atoms with Crippen LogP contribution in [0.15, 0.2) is 42.9 Å². The van der Waals surface area contributed by atoms with E-state index in [2.05, 4.69) is 44.6 Å². The summed E-state index contributed by atoms with van der Waals surface area (Å²) in [6, 6.07) is 7.91. The van der Waals surface area contributed by atoms with E-state index in [1.54, 1.807) is 18.6 Å². The molecule has 0 radical (unpaired) electrons. The molecule has 1 aromatic carbocycles. The predicted octanol–water partition coefficient (Wildman–Crippen LogP) is 1.95. The first kappa shape index (κ1) is 21.4. The van der Waals surface area contributed by atoms with E-state index in [-0.39, 0.29) is 30.2 Å². The first-order chi connectivity index (χ1) is 16.0. The van der Waals surface area contributed by atoms with Crippen LogP contribution in [-0.4, -0.2) is 63.9 Å². The van der Waals surface area contributed by atoms with Crippen molar-refractivity contribution < 1.29 is 14.4 Å². The standard InChI is InChI=1S/C24H28N6O3/c1-16-15-29(21(31)7-8-24(18-5-6-18)22(32)27-23(33)28-24)11-12-30(16)19-4-2-3-17(13-19)20-14-25-9-10-26-20/h2-4,9-10,13-14,16,18H,5-8,11-12,15H2,1H3,(H2,27,28,32,33)/t16-,24?/m0/s1. The number of nitrogens with zero attached hydrogens (tertiary/aromatic N) is 4. The fraction of sp³-hybridized carbons (Fsp3) is 0.458. The Balaban J connectivity index is 1.22. The van der Waals surface area contributed by atoms with Gasteiger partial charge in [-0.15, -0.1) is 0 Å². The highest BCUT2D eigenvalue weighted by molar-refractivity contribution is 6.07. The largest absolute Gasteiger partial charge is 0.365 e. The number of nitrogens with one attached hydrogen (secondary N) is 2. The number of hydrogen-bond acceptors (Lipinski definition) is 6. The highest BCUT2D eigenvalue weighted by atomic mass is 16.2. The Morgan fingerprint density at radius 3 is 2.73 bits per heavy atom. The molecule has 3 fully saturated rings.